The van der Waals surface area contributed by atoms with Crippen LogP contribution in [0.15, 0.2) is 35.1 Å². The lowest BCUT2D eigenvalue weighted by atomic mass is 10.1. The maximum atomic E-state index is 11.2. The van der Waals surface area contributed by atoms with E-state index >= 15 is 0 Å². The quantitative estimate of drug-likeness (QED) is 0.871. The number of H-pyrrole nitrogens is 1. The lowest BCUT2D eigenvalue weighted by Crippen LogP contribution is -2.14. The minimum atomic E-state index is -0.525. The van der Waals surface area contributed by atoms with Gasteiger partial charge < -0.3 is 5.32 Å². The third kappa shape index (κ3) is 3.42. The van der Waals surface area contributed by atoms with Crippen LogP contribution in [0.1, 0.15) is 23.7 Å². The highest BCUT2D eigenvalue weighted by molar-refractivity contribution is 5.39. The molecule has 5 heteroatoms. The molecule has 0 radical (unpaired) electrons. The molecular formula is C14H14N4O. The van der Waals surface area contributed by atoms with Crippen molar-refractivity contribution in [3.05, 3.63) is 57.6 Å². The van der Waals surface area contributed by atoms with Gasteiger partial charge in [0, 0.05) is 12.6 Å². The zero-order valence-electron chi connectivity index (χ0n) is 10.6. The SMILES string of the molecule is CCc1ccc(CNc2cc(C#N)[nH]c(=O)n2)cc1. The summed E-state index contributed by atoms with van der Waals surface area (Å²) >= 11 is 0. The number of rotatable bonds is 4. The van der Waals surface area contributed by atoms with E-state index in [1.165, 1.54) is 11.6 Å². The Balaban J connectivity index is 2.07. The molecule has 2 rings (SSSR count). The topological polar surface area (TPSA) is 81.6 Å². The van der Waals surface area contributed by atoms with E-state index in [1.807, 2.05) is 18.2 Å². The molecule has 0 spiro atoms. The van der Waals surface area contributed by atoms with Gasteiger partial charge >= 0.3 is 5.69 Å². The molecule has 2 N–H and O–H groups in total. The fourth-order valence-electron chi connectivity index (χ4n) is 1.69. The Bertz CT molecular complexity index is 652. The number of aryl methyl sites for hydroxylation is 1. The zero-order chi connectivity index (χ0) is 13.7. The maximum absolute atomic E-state index is 11.2. The maximum Gasteiger partial charge on any atom is 0.347 e. The average Bonchev–Trinajstić information content (AvgIpc) is 2.45. The number of anilines is 1. The van der Waals surface area contributed by atoms with Crippen LogP contribution in [0.4, 0.5) is 5.82 Å². The number of aromatic amines is 1. The summed E-state index contributed by atoms with van der Waals surface area (Å²) in [7, 11) is 0. The van der Waals surface area contributed by atoms with Crippen LogP contribution >= 0.6 is 0 Å². The molecule has 0 amide bonds. The van der Waals surface area contributed by atoms with E-state index in [1.54, 1.807) is 0 Å². The molecule has 0 aliphatic heterocycles. The lowest BCUT2D eigenvalue weighted by Gasteiger charge is -2.06. The number of benzene rings is 1. The van der Waals surface area contributed by atoms with Crippen molar-refractivity contribution in [3.63, 3.8) is 0 Å². The molecule has 1 heterocycles. The fraction of sp³-hybridized carbons (Fsp3) is 0.214. The van der Waals surface area contributed by atoms with Gasteiger partial charge in [-0.3, -0.25) is 4.98 Å². The van der Waals surface area contributed by atoms with Crippen molar-refractivity contribution in [2.45, 2.75) is 19.9 Å². The first-order chi connectivity index (χ1) is 9.21. The second-order valence-corrected chi connectivity index (χ2v) is 4.12. The molecule has 96 valence electrons. The van der Waals surface area contributed by atoms with Gasteiger partial charge in [0.1, 0.15) is 17.6 Å². The highest BCUT2D eigenvalue weighted by Gasteiger charge is 2.00. The van der Waals surface area contributed by atoms with Crippen molar-refractivity contribution in [1.29, 1.82) is 5.26 Å². The second-order valence-electron chi connectivity index (χ2n) is 4.12. The number of aromatic nitrogens is 2. The highest BCUT2D eigenvalue weighted by Crippen LogP contribution is 2.08. The van der Waals surface area contributed by atoms with Crippen LogP contribution in [0.2, 0.25) is 0 Å². The lowest BCUT2D eigenvalue weighted by molar-refractivity contribution is 1.02. The Morgan fingerprint density at radius 3 is 2.63 bits per heavy atom. The fourth-order valence-corrected chi connectivity index (χ4v) is 1.69. The van der Waals surface area contributed by atoms with E-state index < -0.39 is 5.69 Å². The van der Waals surface area contributed by atoms with Crippen LogP contribution in [-0.2, 0) is 13.0 Å². The van der Waals surface area contributed by atoms with Gasteiger partial charge in [0.05, 0.1) is 0 Å². The molecule has 0 unspecified atom stereocenters. The Labute approximate surface area is 110 Å². The Hall–Kier alpha value is -2.61. The van der Waals surface area contributed by atoms with Gasteiger partial charge in [0.2, 0.25) is 0 Å². The smallest absolute Gasteiger partial charge is 0.347 e. The van der Waals surface area contributed by atoms with E-state index in [4.69, 9.17) is 5.26 Å². The minimum Gasteiger partial charge on any atom is -0.366 e. The van der Waals surface area contributed by atoms with Crippen molar-refractivity contribution < 1.29 is 0 Å². The van der Waals surface area contributed by atoms with Gasteiger partial charge in [-0.15, -0.1) is 0 Å². The van der Waals surface area contributed by atoms with E-state index in [0.29, 0.717) is 12.4 Å². The standard InChI is InChI=1S/C14H14N4O/c1-2-10-3-5-11(6-4-10)9-16-13-7-12(8-15)17-14(19)18-13/h3-7H,2,9H2,1H3,(H2,16,17,18,19). The first kappa shape index (κ1) is 12.8. The summed E-state index contributed by atoms with van der Waals surface area (Å²) in [6.07, 6.45) is 1.01. The van der Waals surface area contributed by atoms with Crippen molar-refractivity contribution in [3.8, 4) is 6.07 Å². The van der Waals surface area contributed by atoms with Gasteiger partial charge in [-0.05, 0) is 17.5 Å². The third-order valence-corrected chi connectivity index (χ3v) is 2.77. The molecule has 2 aromatic rings. The molecule has 0 saturated carbocycles. The van der Waals surface area contributed by atoms with E-state index in [2.05, 4.69) is 34.3 Å². The number of hydrogen-bond donors (Lipinski definition) is 2. The van der Waals surface area contributed by atoms with Gasteiger partial charge in [0.25, 0.3) is 0 Å². The molecule has 0 aliphatic carbocycles. The van der Waals surface area contributed by atoms with Crippen LogP contribution in [0.5, 0.6) is 0 Å². The summed E-state index contributed by atoms with van der Waals surface area (Å²) in [6, 6.07) is 11.6. The van der Waals surface area contributed by atoms with E-state index in [-0.39, 0.29) is 5.69 Å². The molecule has 1 aromatic carbocycles. The number of nitrogens with one attached hydrogen (secondary N) is 2. The Kier molecular flexibility index (Phi) is 3.94. The molecule has 0 aliphatic rings. The molecule has 5 nitrogen and oxygen atoms in total. The zero-order valence-corrected chi connectivity index (χ0v) is 10.6. The minimum absolute atomic E-state index is 0.198. The normalized spacial score (nSPS) is 9.89. The van der Waals surface area contributed by atoms with Crippen molar-refractivity contribution in [2.75, 3.05) is 5.32 Å². The summed E-state index contributed by atoms with van der Waals surface area (Å²) in [5.74, 6) is 0.403. The number of hydrogen-bond acceptors (Lipinski definition) is 4. The van der Waals surface area contributed by atoms with Crippen molar-refractivity contribution in [2.24, 2.45) is 0 Å². The average molecular weight is 254 g/mol. The largest absolute Gasteiger partial charge is 0.366 e. The molecule has 0 fully saturated rings. The van der Waals surface area contributed by atoms with Crippen molar-refractivity contribution in [1.82, 2.24) is 9.97 Å². The van der Waals surface area contributed by atoms with Gasteiger partial charge in [0.15, 0.2) is 0 Å². The van der Waals surface area contributed by atoms with Crippen LogP contribution in [0.3, 0.4) is 0 Å². The second kappa shape index (κ2) is 5.83. The molecule has 1 aromatic heterocycles. The summed E-state index contributed by atoms with van der Waals surface area (Å²) in [6.45, 7) is 2.67. The third-order valence-electron chi connectivity index (χ3n) is 2.77. The Morgan fingerprint density at radius 1 is 1.32 bits per heavy atom. The summed E-state index contributed by atoms with van der Waals surface area (Å²) < 4.78 is 0. The van der Waals surface area contributed by atoms with Crippen LogP contribution in [-0.4, -0.2) is 9.97 Å². The molecular weight excluding hydrogens is 240 g/mol. The predicted octanol–water partition coefficient (Wildman–Crippen LogP) is 1.82. The molecule has 19 heavy (non-hydrogen) atoms. The predicted molar refractivity (Wildman–Crippen MR) is 72.7 cm³/mol. The van der Waals surface area contributed by atoms with Gasteiger partial charge in [-0.25, -0.2) is 4.79 Å². The van der Waals surface area contributed by atoms with Crippen molar-refractivity contribution >= 4 is 5.82 Å². The van der Waals surface area contributed by atoms with Crippen LogP contribution in [0.25, 0.3) is 0 Å². The van der Waals surface area contributed by atoms with E-state index in [0.717, 1.165) is 12.0 Å². The number of nitriles is 1. The highest BCUT2D eigenvalue weighted by atomic mass is 16.1. The van der Waals surface area contributed by atoms with Crippen LogP contribution < -0.4 is 11.0 Å². The molecule has 0 atom stereocenters. The number of nitrogens with zero attached hydrogens (tertiary/aromatic N) is 2. The first-order valence-electron chi connectivity index (χ1n) is 6.04. The van der Waals surface area contributed by atoms with E-state index in [9.17, 15) is 4.79 Å². The monoisotopic (exact) mass is 254 g/mol. The Morgan fingerprint density at radius 2 is 2.00 bits per heavy atom. The molecule has 0 saturated heterocycles. The first-order valence-corrected chi connectivity index (χ1v) is 6.04. The summed E-state index contributed by atoms with van der Waals surface area (Å²) in [4.78, 5) is 17.3. The van der Waals surface area contributed by atoms with Crippen LogP contribution in [0, 0.1) is 11.3 Å². The van der Waals surface area contributed by atoms with Gasteiger partial charge in [-0.1, -0.05) is 31.2 Å². The summed E-state index contributed by atoms with van der Waals surface area (Å²) in [5, 5.41) is 11.8. The molecule has 0 bridgehead atoms. The van der Waals surface area contributed by atoms with Gasteiger partial charge in [-0.2, -0.15) is 10.2 Å². The summed E-state index contributed by atoms with van der Waals surface area (Å²) in [5.41, 5.74) is 2.05.